The number of carbonyl (C=O) groups excluding carboxylic acids is 3. The maximum absolute atomic E-state index is 12.9. The third-order valence-corrected chi connectivity index (χ3v) is 6.28. The number of amides is 1. The monoisotopic (exact) mass is 449 g/mol. The van der Waals surface area contributed by atoms with Gasteiger partial charge in [-0.25, -0.2) is 8.42 Å². The summed E-state index contributed by atoms with van der Waals surface area (Å²) in [7, 11) is -0.386. The molecule has 166 valence electrons. The molecule has 1 N–H and O–H groups in total. The number of benzene rings is 2. The predicted octanol–water partition coefficient (Wildman–Crippen LogP) is 1.87. The highest BCUT2D eigenvalue weighted by Crippen LogP contribution is 2.29. The molecule has 2 rings (SSSR count). The maximum Gasteiger partial charge on any atom is 0.307 e. The van der Waals surface area contributed by atoms with Gasteiger partial charge in [-0.2, -0.15) is 0 Å². The van der Waals surface area contributed by atoms with Crippen molar-refractivity contribution in [2.75, 3.05) is 32.4 Å². The molecule has 0 aliphatic heterocycles. The number of sulfone groups is 1. The molecule has 0 heterocycles. The third-order valence-electron chi connectivity index (χ3n) is 4.36. The molecule has 0 spiro atoms. The van der Waals surface area contributed by atoms with Crippen molar-refractivity contribution in [3.05, 3.63) is 54.1 Å². The van der Waals surface area contributed by atoms with Crippen molar-refractivity contribution in [3.63, 3.8) is 0 Å². The molecule has 0 fully saturated rings. The van der Waals surface area contributed by atoms with Gasteiger partial charge in [-0.1, -0.05) is 30.3 Å². The SMILES string of the molecule is COC(=O)CC(C(=O)c1ccccc1)S(=O)(=O)CC(=O)Nc1ccc(OC)c(OC)c1. The van der Waals surface area contributed by atoms with Gasteiger partial charge in [0.2, 0.25) is 5.91 Å². The van der Waals surface area contributed by atoms with Gasteiger partial charge in [0.25, 0.3) is 0 Å². The fourth-order valence-corrected chi connectivity index (χ4v) is 4.29. The number of ether oxygens (including phenoxy) is 3. The highest BCUT2D eigenvalue weighted by molar-refractivity contribution is 7.93. The Morgan fingerprint density at radius 3 is 2.16 bits per heavy atom. The lowest BCUT2D eigenvalue weighted by Crippen LogP contribution is -2.38. The summed E-state index contributed by atoms with van der Waals surface area (Å²) in [6, 6.07) is 12.2. The number of esters is 1. The van der Waals surface area contributed by atoms with Crippen LogP contribution in [0.3, 0.4) is 0 Å². The number of methoxy groups -OCH3 is 3. The lowest BCUT2D eigenvalue weighted by atomic mass is 10.1. The zero-order valence-electron chi connectivity index (χ0n) is 17.3. The van der Waals surface area contributed by atoms with Crippen LogP contribution in [0.4, 0.5) is 5.69 Å². The van der Waals surface area contributed by atoms with Crippen molar-refractivity contribution in [2.24, 2.45) is 0 Å². The van der Waals surface area contributed by atoms with Gasteiger partial charge in [0, 0.05) is 17.3 Å². The van der Waals surface area contributed by atoms with E-state index < -0.39 is 44.9 Å². The zero-order chi connectivity index (χ0) is 23.0. The van der Waals surface area contributed by atoms with Crippen LogP contribution in [0.1, 0.15) is 16.8 Å². The van der Waals surface area contributed by atoms with Crippen LogP contribution in [0.25, 0.3) is 0 Å². The van der Waals surface area contributed by atoms with E-state index >= 15 is 0 Å². The second-order valence-electron chi connectivity index (χ2n) is 6.42. The van der Waals surface area contributed by atoms with Crippen LogP contribution in [0, 0.1) is 0 Å². The summed E-state index contributed by atoms with van der Waals surface area (Å²) in [5.74, 6) is -2.77. The quantitative estimate of drug-likeness (QED) is 0.430. The van der Waals surface area contributed by atoms with Crippen molar-refractivity contribution in [2.45, 2.75) is 11.7 Å². The number of rotatable bonds is 10. The van der Waals surface area contributed by atoms with E-state index in [9.17, 15) is 22.8 Å². The standard InChI is InChI=1S/C21H23NO8S/c1-28-16-10-9-15(11-17(16)29-2)22-19(23)13-31(26,27)18(12-20(24)30-3)21(25)14-7-5-4-6-8-14/h4-11,18H,12-13H2,1-3H3,(H,22,23). The van der Waals surface area contributed by atoms with Gasteiger partial charge in [0.05, 0.1) is 27.8 Å². The molecule has 0 saturated heterocycles. The van der Waals surface area contributed by atoms with Crippen molar-refractivity contribution >= 4 is 33.2 Å². The Hall–Kier alpha value is -3.40. The van der Waals surface area contributed by atoms with Gasteiger partial charge >= 0.3 is 5.97 Å². The Labute approximate surface area is 180 Å². The molecule has 2 aromatic carbocycles. The Kier molecular flexibility index (Phi) is 8.14. The summed E-state index contributed by atoms with van der Waals surface area (Å²) < 4.78 is 40.6. The molecule has 9 nitrogen and oxygen atoms in total. The lowest BCUT2D eigenvalue weighted by molar-refractivity contribution is -0.140. The Morgan fingerprint density at radius 2 is 1.58 bits per heavy atom. The summed E-state index contributed by atoms with van der Waals surface area (Å²) in [5, 5.41) is 0.692. The first-order valence-electron chi connectivity index (χ1n) is 9.11. The largest absolute Gasteiger partial charge is 0.493 e. The minimum absolute atomic E-state index is 0.111. The van der Waals surface area contributed by atoms with Crippen LogP contribution in [-0.2, 0) is 24.2 Å². The molecule has 10 heteroatoms. The van der Waals surface area contributed by atoms with Gasteiger partial charge < -0.3 is 19.5 Å². The topological polar surface area (TPSA) is 125 Å². The van der Waals surface area contributed by atoms with E-state index in [1.54, 1.807) is 24.3 Å². The van der Waals surface area contributed by atoms with E-state index in [0.29, 0.717) is 11.5 Å². The first kappa shape index (κ1) is 23.9. The minimum Gasteiger partial charge on any atom is -0.493 e. The van der Waals surface area contributed by atoms with Crippen molar-refractivity contribution in [1.82, 2.24) is 0 Å². The van der Waals surface area contributed by atoms with E-state index in [1.807, 2.05) is 0 Å². The number of anilines is 1. The van der Waals surface area contributed by atoms with E-state index in [0.717, 1.165) is 7.11 Å². The molecule has 1 unspecified atom stereocenters. The van der Waals surface area contributed by atoms with Crippen LogP contribution in [0.15, 0.2) is 48.5 Å². The van der Waals surface area contributed by atoms with E-state index in [1.165, 1.54) is 38.5 Å². The molecule has 0 saturated carbocycles. The smallest absolute Gasteiger partial charge is 0.307 e. The lowest BCUT2D eigenvalue weighted by Gasteiger charge is -2.16. The van der Waals surface area contributed by atoms with Crippen molar-refractivity contribution < 1.29 is 37.0 Å². The average Bonchev–Trinajstić information content (AvgIpc) is 2.76. The molecule has 0 aliphatic rings. The second-order valence-corrected chi connectivity index (χ2v) is 8.61. The van der Waals surface area contributed by atoms with Crippen molar-refractivity contribution in [3.8, 4) is 11.5 Å². The van der Waals surface area contributed by atoms with E-state index in [4.69, 9.17) is 9.47 Å². The molecule has 1 amide bonds. The first-order chi connectivity index (χ1) is 14.7. The first-order valence-corrected chi connectivity index (χ1v) is 10.8. The number of hydrogen-bond acceptors (Lipinski definition) is 8. The number of hydrogen-bond donors (Lipinski definition) is 1. The van der Waals surface area contributed by atoms with Gasteiger partial charge in [-0.3, -0.25) is 14.4 Å². The molecular weight excluding hydrogens is 426 g/mol. The van der Waals surface area contributed by atoms with Crippen LogP contribution in [0.5, 0.6) is 11.5 Å². The summed E-state index contributed by atoms with van der Waals surface area (Å²) in [5.41, 5.74) is 0.386. The third kappa shape index (κ3) is 6.29. The van der Waals surface area contributed by atoms with Gasteiger partial charge in [0.15, 0.2) is 27.1 Å². The summed E-state index contributed by atoms with van der Waals surface area (Å²) >= 11 is 0. The predicted molar refractivity (Wildman–Crippen MR) is 113 cm³/mol. The maximum atomic E-state index is 12.9. The van der Waals surface area contributed by atoms with Gasteiger partial charge in [-0.05, 0) is 12.1 Å². The number of nitrogens with one attached hydrogen (secondary N) is 1. The van der Waals surface area contributed by atoms with E-state index in [2.05, 4.69) is 10.1 Å². The fourth-order valence-electron chi connectivity index (χ4n) is 2.80. The Balaban J connectivity index is 2.23. The molecule has 0 radical (unpaired) electrons. The van der Waals surface area contributed by atoms with Crippen LogP contribution >= 0.6 is 0 Å². The molecule has 2 aromatic rings. The Morgan fingerprint density at radius 1 is 0.935 bits per heavy atom. The summed E-state index contributed by atoms with van der Waals surface area (Å²) in [4.78, 5) is 36.9. The normalized spacial score (nSPS) is 11.8. The molecule has 0 aromatic heterocycles. The number of Topliss-reactive ketones (excluding diaryl/α,β-unsaturated/α-hetero) is 1. The zero-order valence-corrected chi connectivity index (χ0v) is 18.1. The van der Waals surface area contributed by atoms with Crippen LogP contribution < -0.4 is 14.8 Å². The fraction of sp³-hybridized carbons (Fsp3) is 0.286. The molecule has 1 atom stereocenters. The van der Waals surface area contributed by atoms with Crippen LogP contribution in [0.2, 0.25) is 0 Å². The molecule has 31 heavy (non-hydrogen) atoms. The van der Waals surface area contributed by atoms with Crippen LogP contribution in [-0.4, -0.2) is 58.4 Å². The average molecular weight is 449 g/mol. The minimum atomic E-state index is -4.34. The van der Waals surface area contributed by atoms with E-state index in [-0.39, 0.29) is 11.3 Å². The molecule has 0 aliphatic carbocycles. The van der Waals surface area contributed by atoms with Crippen molar-refractivity contribution in [1.29, 1.82) is 0 Å². The second kappa shape index (κ2) is 10.6. The highest BCUT2D eigenvalue weighted by atomic mass is 32.2. The van der Waals surface area contributed by atoms with Gasteiger partial charge in [0.1, 0.15) is 11.0 Å². The molecular formula is C21H23NO8S. The van der Waals surface area contributed by atoms with Gasteiger partial charge in [-0.15, -0.1) is 0 Å². The summed E-state index contributed by atoms with van der Waals surface area (Å²) in [6.45, 7) is 0. The number of ketones is 1. The number of carbonyl (C=O) groups is 3. The molecule has 0 bridgehead atoms. The highest BCUT2D eigenvalue weighted by Gasteiger charge is 2.37. The summed E-state index contributed by atoms with van der Waals surface area (Å²) in [6.07, 6.45) is -0.698. The Bertz CT molecular complexity index is 1050.